The summed E-state index contributed by atoms with van der Waals surface area (Å²) in [7, 11) is 0. The van der Waals surface area contributed by atoms with Gasteiger partial charge in [0.05, 0.1) is 18.8 Å². The predicted molar refractivity (Wildman–Crippen MR) is 81.8 cm³/mol. The molecule has 0 saturated heterocycles. The van der Waals surface area contributed by atoms with Crippen LogP contribution in [0.5, 0.6) is 0 Å². The van der Waals surface area contributed by atoms with Gasteiger partial charge in [-0.25, -0.2) is 0 Å². The van der Waals surface area contributed by atoms with Crippen LogP contribution in [0, 0.1) is 0 Å². The van der Waals surface area contributed by atoms with E-state index >= 15 is 0 Å². The Morgan fingerprint density at radius 1 is 1.16 bits per heavy atom. The van der Waals surface area contributed by atoms with Crippen LogP contribution in [0.3, 0.4) is 0 Å². The third-order valence-corrected chi connectivity index (χ3v) is 5.62. The number of aliphatic hydroxyl groups excluding tert-OH is 1. The summed E-state index contributed by atoms with van der Waals surface area (Å²) in [5.41, 5.74) is 0. The number of hydrogen-bond acceptors (Lipinski definition) is 4. The molecule has 4 heteroatoms. The van der Waals surface area contributed by atoms with E-state index < -0.39 is 0 Å². The van der Waals surface area contributed by atoms with Crippen LogP contribution in [0.15, 0.2) is 0 Å². The Kier molecular flexibility index (Phi) is 6.99. The van der Waals surface area contributed by atoms with Crippen LogP contribution < -0.4 is 5.32 Å². The van der Waals surface area contributed by atoms with Gasteiger partial charge in [0, 0.05) is 17.8 Å². The summed E-state index contributed by atoms with van der Waals surface area (Å²) in [6.07, 6.45) is 12.4. The van der Waals surface area contributed by atoms with Gasteiger partial charge in [0.25, 0.3) is 0 Å². The highest BCUT2D eigenvalue weighted by atomic mass is 32.2. The standard InChI is InChI=1S/C15H29NO2S/c1-19-15-9-5-8-14(15)16-10-12(17)11-18-13-6-3-2-4-7-13/h12-17H,2-11H2,1H3. The lowest BCUT2D eigenvalue weighted by Crippen LogP contribution is -2.40. The minimum Gasteiger partial charge on any atom is -0.389 e. The van der Waals surface area contributed by atoms with Crippen LogP contribution in [0.4, 0.5) is 0 Å². The van der Waals surface area contributed by atoms with E-state index in [1.807, 2.05) is 11.8 Å². The lowest BCUT2D eigenvalue weighted by molar-refractivity contribution is -0.0235. The Bertz CT molecular complexity index is 246. The minimum atomic E-state index is -0.356. The van der Waals surface area contributed by atoms with Crippen molar-refractivity contribution in [1.82, 2.24) is 5.32 Å². The van der Waals surface area contributed by atoms with Gasteiger partial charge in [-0.3, -0.25) is 0 Å². The van der Waals surface area contributed by atoms with E-state index in [9.17, 15) is 5.11 Å². The predicted octanol–water partition coefficient (Wildman–Crippen LogP) is 2.57. The molecule has 2 N–H and O–H groups in total. The smallest absolute Gasteiger partial charge is 0.0897 e. The third-order valence-electron chi connectivity index (χ3n) is 4.45. The van der Waals surface area contributed by atoms with Crippen molar-refractivity contribution in [3.63, 3.8) is 0 Å². The Labute approximate surface area is 121 Å². The quantitative estimate of drug-likeness (QED) is 0.755. The van der Waals surface area contributed by atoms with Crippen molar-refractivity contribution in [3.05, 3.63) is 0 Å². The van der Waals surface area contributed by atoms with Crippen molar-refractivity contribution in [2.75, 3.05) is 19.4 Å². The molecule has 2 fully saturated rings. The third kappa shape index (κ3) is 5.25. The largest absolute Gasteiger partial charge is 0.389 e. The fourth-order valence-electron chi connectivity index (χ4n) is 3.27. The molecule has 0 aromatic heterocycles. The van der Waals surface area contributed by atoms with E-state index in [-0.39, 0.29) is 6.10 Å². The Hall–Kier alpha value is 0.230. The Balaban J connectivity index is 1.57. The molecule has 0 aliphatic heterocycles. The van der Waals surface area contributed by atoms with E-state index in [1.165, 1.54) is 51.4 Å². The summed E-state index contributed by atoms with van der Waals surface area (Å²) >= 11 is 1.95. The molecular formula is C15H29NO2S. The van der Waals surface area contributed by atoms with Crippen molar-refractivity contribution < 1.29 is 9.84 Å². The fourth-order valence-corrected chi connectivity index (χ4v) is 4.23. The molecule has 2 aliphatic rings. The van der Waals surface area contributed by atoms with Crippen molar-refractivity contribution in [2.45, 2.75) is 74.9 Å². The molecule has 19 heavy (non-hydrogen) atoms. The summed E-state index contributed by atoms with van der Waals surface area (Å²) in [4.78, 5) is 0. The maximum atomic E-state index is 10.0. The average molecular weight is 287 g/mol. The first-order valence-corrected chi connectivity index (χ1v) is 9.14. The number of nitrogens with one attached hydrogen (secondary N) is 1. The zero-order chi connectivity index (χ0) is 13.5. The molecule has 0 amide bonds. The van der Waals surface area contributed by atoms with E-state index in [0.29, 0.717) is 25.3 Å². The molecule has 3 nitrogen and oxygen atoms in total. The molecule has 0 heterocycles. The van der Waals surface area contributed by atoms with Crippen molar-refractivity contribution >= 4 is 11.8 Å². The zero-order valence-electron chi connectivity index (χ0n) is 12.1. The van der Waals surface area contributed by atoms with Gasteiger partial charge in [-0.2, -0.15) is 11.8 Å². The molecule has 0 radical (unpaired) electrons. The van der Waals surface area contributed by atoms with Crippen molar-refractivity contribution in [2.24, 2.45) is 0 Å². The highest BCUT2D eigenvalue weighted by Gasteiger charge is 2.26. The van der Waals surface area contributed by atoms with E-state index in [4.69, 9.17) is 4.74 Å². The zero-order valence-corrected chi connectivity index (χ0v) is 13.0. The lowest BCUT2D eigenvalue weighted by atomic mass is 9.98. The van der Waals surface area contributed by atoms with Crippen LogP contribution in [-0.4, -0.2) is 48.0 Å². The van der Waals surface area contributed by atoms with E-state index in [2.05, 4.69) is 11.6 Å². The van der Waals surface area contributed by atoms with Crippen LogP contribution in [0.2, 0.25) is 0 Å². The summed E-state index contributed by atoms with van der Waals surface area (Å²) in [6.45, 7) is 1.17. The number of ether oxygens (including phenoxy) is 1. The molecule has 3 unspecified atom stereocenters. The molecule has 2 rings (SSSR count). The molecule has 0 spiro atoms. The van der Waals surface area contributed by atoms with Crippen LogP contribution in [0.1, 0.15) is 51.4 Å². The number of thioether (sulfide) groups is 1. The Morgan fingerprint density at radius 2 is 1.95 bits per heavy atom. The second kappa shape index (κ2) is 8.50. The molecule has 112 valence electrons. The van der Waals surface area contributed by atoms with Crippen molar-refractivity contribution in [1.29, 1.82) is 0 Å². The monoisotopic (exact) mass is 287 g/mol. The first-order chi connectivity index (χ1) is 9.29. The normalized spacial score (nSPS) is 30.6. The molecule has 2 saturated carbocycles. The van der Waals surface area contributed by atoms with Gasteiger partial charge in [-0.05, 0) is 31.9 Å². The second-order valence-corrected chi connectivity index (χ2v) is 7.04. The SMILES string of the molecule is CSC1CCCC1NCC(O)COC1CCCCC1. The first kappa shape index (κ1) is 15.6. The van der Waals surface area contributed by atoms with E-state index in [0.717, 1.165) is 5.25 Å². The summed E-state index contributed by atoms with van der Waals surface area (Å²) in [6, 6.07) is 0.583. The maximum absolute atomic E-state index is 10.0. The number of rotatable bonds is 7. The molecular weight excluding hydrogens is 258 g/mol. The van der Waals surface area contributed by atoms with Gasteiger partial charge >= 0.3 is 0 Å². The first-order valence-electron chi connectivity index (χ1n) is 7.85. The Morgan fingerprint density at radius 3 is 2.68 bits per heavy atom. The number of hydrogen-bond donors (Lipinski definition) is 2. The topological polar surface area (TPSA) is 41.5 Å². The average Bonchev–Trinajstić information content (AvgIpc) is 2.91. The molecule has 2 aliphatic carbocycles. The second-order valence-electron chi connectivity index (χ2n) is 5.97. The molecule has 3 atom stereocenters. The molecule has 0 bridgehead atoms. The lowest BCUT2D eigenvalue weighted by Gasteiger charge is -2.25. The van der Waals surface area contributed by atoms with E-state index in [1.54, 1.807) is 0 Å². The highest BCUT2D eigenvalue weighted by Crippen LogP contribution is 2.28. The van der Waals surface area contributed by atoms with Gasteiger partial charge < -0.3 is 15.2 Å². The summed E-state index contributed by atoms with van der Waals surface area (Å²) < 4.78 is 5.82. The van der Waals surface area contributed by atoms with Crippen LogP contribution in [-0.2, 0) is 4.74 Å². The summed E-state index contributed by atoms with van der Waals surface area (Å²) in [5, 5.41) is 14.3. The van der Waals surface area contributed by atoms with Crippen LogP contribution >= 0.6 is 11.8 Å². The van der Waals surface area contributed by atoms with Crippen LogP contribution in [0.25, 0.3) is 0 Å². The minimum absolute atomic E-state index is 0.356. The van der Waals surface area contributed by atoms with Gasteiger partial charge in [-0.1, -0.05) is 25.7 Å². The maximum Gasteiger partial charge on any atom is 0.0897 e. The van der Waals surface area contributed by atoms with Gasteiger partial charge in [-0.15, -0.1) is 0 Å². The highest BCUT2D eigenvalue weighted by molar-refractivity contribution is 7.99. The van der Waals surface area contributed by atoms with Gasteiger partial charge in [0.1, 0.15) is 0 Å². The van der Waals surface area contributed by atoms with Gasteiger partial charge in [0.2, 0.25) is 0 Å². The number of aliphatic hydroxyl groups is 1. The fraction of sp³-hybridized carbons (Fsp3) is 1.00. The van der Waals surface area contributed by atoms with Gasteiger partial charge in [0.15, 0.2) is 0 Å². The van der Waals surface area contributed by atoms with Crippen molar-refractivity contribution in [3.8, 4) is 0 Å². The molecule has 0 aromatic rings. The molecule has 0 aromatic carbocycles. The summed E-state index contributed by atoms with van der Waals surface area (Å²) in [5.74, 6) is 0.